The van der Waals surface area contributed by atoms with Gasteiger partial charge in [-0.3, -0.25) is 9.48 Å². The highest BCUT2D eigenvalue weighted by molar-refractivity contribution is 5.90. The van der Waals surface area contributed by atoms with Crippen molar-refractivity contribution in [1.29, 1.82) is 0 Å². The predicted octanol–water partition coefficient (Wildman–Crippen LogP) is 4.32. The molecule has 1 fully saturated rings. The van der Waals surface area contributed by atoms with E-state index >= 15 is 0 Å². The Morgan fingerprint density at radius 3 is 2.73 bits per heavy atom. The van der Waals surface area contributed by atoms with E-state index in [0.29, 0.717) is 47.2 Å². The second kappa shape index (κ2) is 8.86. The number of piperidine rings is 1. The summed E-state index contributed by atoms with van der Waals surface area (Å²) in [5.74, 6) is 0.417. The van der Waals surface area contributed by atoms with Crippen LogP contribution in [0, 0.1) is 6.92 Å². The number of carbonyl (C=O) groups excluding carboxylic acids is 1. The third kappa shape index (κ3) is 4.52. The number of ether oxygens (including phenoxy) is 1. The van der Waals surface area contributed by atoms with Gasteiger partial charge in [-0.25, -0.2) is 14.8 Å². The monoisotopic (exact) mass is 504 g/mol. The van der Waals surface area contributed by atoms with E-state index in [1.165, 1.54) is 6.20 Å². The molecule has 4 aromatic rings. The first-order chi connectivity index (χ1) is 17.4. The number of aromatic nitrogens is 5. The molecule has 4 heterocycles. The third-order valence-corrected chi connectivity index (χ3v) is 6.91. The zero-order chi connectivity index (χ0) is 26.6. The molecule has 1 saturated heterocycles. The molecule has 0 unspecified atom stereocenters. The van der Waals surface area contributed by atoms with Crippen molar-refractivity contribution < 1.29 is 14.6 Å². The Labute approximate surface area is 214 Å². The minimum absolute atomic E-state index is 0.0510. The highest BCUT2D eigenvalue weighted by Crippen LogP contribution is 2.35. The van der Waals surface area contributed by atoms with Gasteiger partial charge in [-0.05, 0) is 59.6 Å². The lowest BCUT2D eigenvalue weighted by molar-refractivity contribution is 0.00773. The van der Waals surface area contributed by atoms with Crippen LogP contribution < -0.4 is 5.56 Å². The number of hydrogen-bond donors (Lipinski definition) is 1. The minimum atomic E-state index is -0.555. The smallest absolute Gasteiger partial charge is 0.410 e. The van der Waals surface area contributed by atoms with E-state index in [0.717, 1.165) is 10.9 Å². The van der Waals surface area contributed by atoms with Gasteiger partial charge in [0.05, 0.1) is 22.0 Å². The number of amides is 1. The second-order valence-electron chi connectivity index (χ2n) is 10.9. The Bertz CT molecular complexity index is 1580. The number of hydrogen-bond acceptors (Lipinski definition) is 7. The fourth-order valence-electron chi connectivity index (χ4n) is 5.07. The Morgan fingerprint density at radius 1 is 1.27 bits per heavy atom. The number of phenols is 1. The van der Waals surface area contributed by atoms with Crippen LogP contribution in [0.25, 0.3) is 33.2 Å². The molecule has 0 saturated carbocycles. The fourth-order valence-corrected chi connectivity index (χ4v) is 5.07. The second-order valence-corrected chi connectivity index (χ2v) is 10.9. The molecule has 1 aromatic carbocycles. The van der Waals surface area contributed by atoms with Gasteiger partial charge in [0.1, 0.15) is 11.4 Å². The summed E-state index contributed by atoms with van der Waals surface area (Å²) in [6.07, 6.45) is 6.12. The van der Waals surface area contributed by atoms with Crippen LogP contribution in [0.1, 0.15) is 52.1 Å². The molecule has 0 spiro atoms. The van der Waals surface area contributed by atoms with Crippen LogP contribution in [0.15, 0.2) is 35.5 Å². The average molecular weight is 505 g/mol. The van der Waals surface area contributed by atoms with Crippen molar-refractivity contribution in [2.75, 3.05) is 6.54 Å². The molecule has 1 aliphatic rings. The van der Waals surface area contributed by atoms with Crippen molar-refractivity contribution in [3.8, 4) is 17.1 Å². The molecule has 0 bridgehead atoms. The van der Waals surface area contributed by atoms with Crippen molar-refractivity contribution in [3.05, 3.63) is 46.6 Å². The third-order valence-electron chi connectivity index (χ3n) is 6.91. The lowest BCUT2D eigenvalue weighted by Crippen LogP contribution is -2.47. The maximum atomic E-state index is 13.4. The highest BCUT2D eigenvalue weighted by atomic mass is 16.6. The zero-order valence-corrected chi connectivity index (χ0v) is 22.0. The predicted molar refractivity (Wildman–Crippen MR) is 141 cm³/mol. The number of rotatable bonds is 2. The topological polar surface area (TPSA) is 115 Å². The number of benzene rings is 1. The van der Waals surface area contributed by atoms with E-state index in [1.807, 2.05) is 53.9 Å². The average Bonchev–Trinajstić information content (AvgIpc) is 3.20. The van der Waals surface area contributed by atoms with E-state index in [2.05, 4.69) is 15.1 Å². The number of likely N-dealkylation sites (tertiary alicyclic amines) is 1. The Hall–Kier alpha value is -3.95. The maximum Gasteiger partial charge on any atom is 0.410 e. The zero-order valence-electron chi connectivity index (χ0n) is 22.0. The minimum Gasteiger partial charge on any atom is -0.507 e. The molecule has 0 radical (unpaired) electrons. The molecule has 1 amide bonds. The number of aryl methyl sites for hydroxylation is 2. The molecule has 1 aliphatic heterocycles. The van der Waals surface area contributed by atoms with E-state index in [1.54, 1.807) is 26.4 Å². The molecule has 10 heteroatoms. The maximum absolute atomic E-state index is 13.4. The SMILES string of the molecule is Cc1c(O)c(-c2ncc3c(=O)n([C@H]4CCN(C(=O)OC(C)(C)C)[C@@H](C)C4)ccc3n2)cc2cn(C)nc12. The van der Waals surface area contributed by atoms with Gasteiger partial charge in [0.15, 0.2) is 5.82 Å². The molecule has 3 aromatic heterocycles. The molecule has 10 nitrogen and oxygen atoms in total. The van der Waals surface area contributed by atoms with Crippen LogP contribution in [0.5, 0.6) is 5.75 Å². The summed E-state index contributed by atoms with van der Waals surface area (Å²) in [6.45, 7) is 9.85. The normalized spacial score (nSPS) is 18.5. The first-order valence-corrected chi connectivity index (χ1v) is 12.5. The lowest BCUT2D eigenvalue weighted by atomic mass is 9.98. The van der Waals surface area contributed by atoms with Gasteiger partial charge >= 0.3 is 6.09 Å². The van der Waals surface area contributed by atoms with E-state index in [9.17, 15) is 14.7 Å². The van der Waals surface area contributed by atoms with Crippen molar-refractivity contribution in [2.45, 2.75) is 65.1 Å². The van der Waals surface area contributed by atoms with Gasteiger partial charge in [0, 0.05) is 55.2 Å². The van der Waals surface area contributed by atoms with Crippen molar-refractivity contribution in [3.63, 3.8) is 0 Å². The summed E-state index contributed by atoms with van der Waals surface area (Å²) >= 11 is 0. The Morgan fingerprint density at radius 2 is 2.03 bits per heavy atom. The quantitative estimate of drug-likeness (QED) is 0.432. The van der Waals surface area contributed by atoms with Gasteiger partial charge < -0.3 is 19.3 Å². The highest BCUT2D eigenvalue weighted by Gasteiger charge is 2.33. The molecular weight excluding hydrogens is 472 g/mol. The van der Waals surface area contributed by atoms with E-state index in [4.69, 9.17) is 4.74 Å². The van der Waals surface area contributed by atoms with E-state index < -0.39 is 5.60 Å². The van der Waals surface area contributed by atoms with Crippen LogP contribution >= 0.6 is 0 Å². The standard InChI is InChI=1S/C27H32N6O4/c1-15-11-18(7-9-32(15)26(36)37-27(3,4)5)33-10-8-21-20(25(33)35)13-28-24(29-21)19-12-17-14-31(6)30-22(17)16(2)23(19)34/h8,10,12-15,18,34H,7,9,11H2,1-6H3/t15-,18-/m0/s1. The van der Waals surface area contributed by atoms with Crippen molar-refractivity contribution in [2.24, 2.45) is 7.05 Å². The van der Waals surface area contributed by atoms with Crippen LogP contribution in [0.4, 0.5) is 4.79 Å². The molecule has 1 N–H and O–H groups in total. The lowest BCUT2D eigenvalue weighted by Gasteiger charge is -2.38. The van der Waals surface area contributed by atoms with Gasteiger partial charge in [-0.1, -0.05) is 0 Å². The largest absolute Gasteiger partial charge is 0.507 e. The summed E-state index contributed by atoms with van der Waals surface area (Å²) < 4.78 is 8.96. The van der Waals surface area contributed by atoms with Gasteiger partial charge in [-0.15, -0.1) is 0 Å². The summed E-state index contributed by atoms with van der Waals surface area (Å²) in [6, 6.07) is 3.50. The number of carbonyl (C=O) groups is 1. The van der Waals surface area contributed by atoms with Gasteiger partial charge in [0.25, 0.3) is 5.56 Å². The van der Waals surface area contributed by atoms with Crippen LogP contribution in [-0.2, 0) is 11.8 Å². The first kappa shape index (κ1) is 24.7. The van der Waals surface area contributed by atoms with Gasteiger partial charge in [0.2, 0.25) is 0 Å². The van der Waals surface area contributed by atoms with Crippen molar-refractivity contribution in [1.82, 2.24) is 29.2 Å². The fraction of sp³-hybridized carbons (Fsp3) is 0.444. The van der Waals surface area contributed by atoms with E-state index in [-0.39, 0.29) is 29.5 Å². The van der Waals surface area contributed by atoms with Gasteiger partial charge in [-0.2, -0.15) is 5.10 Å². The van der Waals surface area contributed by atoms with Crippen LogP contribution in [-0.4, -0.2) is 58.6 Å². The Kier molecular flexibility index (Phi) is 5.92. The van der Waals surface area contributed by atoms with Crippen LogP contribution in [0.3, 0.4) is 0 Å². The number of nitrogens with zero attached hydrogens (tertiary/aromatic N) is 6. The number of pyridine rings is 1. The summed E-state index contributed by atoms with van der Waals surface area (Å²) in [5, 5.41) is 16.5. The first-order valence-electron chi connectivity index (χ1n) is 12.5. The summed E-state index contributed by atoms with van der Waals surface area (Å²) in [7, 11) is 1.83. The molecule has 37 heavy (non-hydrogen) atoms. The molecular formula is C27H32N6O4. The molecule has 194 valence electrons. The summed E-state index contributed by atoms with van der Waals surface area (Å²) in [5.41, 5.74) is 1.65. The number of phenolic OH excluding ortho intramolecular Hbond substituents is 1. The molecule has 5 rings (SSSR count). The van der Waals surface area contributed by atoms with Crippen LogP contribution in [0.2, 0.25) is 0 Å². The number of fused-ring (bicyclic) bond motifs is 2. The van der Waals surface area contributed by atoms with Crippen molar-refractivity contribution >= 4 is 27.9 Å². The summed E-state index contributed by atoms with van der Waals surface area (Å²) in [4.78, 5) is 36.8. The number of aromatic hydroxyl groups is 1. The molecule has 2 atom stereocenters. The Balaban J connectivity index is 1.43. The molecule has 0 aliphatic carbocycles.